The zero-order valence-corrected chi connectivity index (χ0v) is 22.6. The number of nitrogens with zero attached hydrogens (tertiary/aromatic N) is 2. The van der Waals surface area contributed by atoms with Gasteiger partial charge in [-0.2, -0.15) is 0 Å². The zero-order valence-electron chi connectivity index (χ0n) is 21.8. The molecule has 0 saturated heterocycles. The number of rotatable bonds is 10. The Hall–Kier alpha value is -2.74. The van der Waals surface area contributed by atoms with Gasteiger partial charge in [0.2, 0.25) is 0 Å². The fraction of sp³-hybridized carbons (Fsp3) is 0.414. The van der Waals surface area contributed by atoms with Crippen LogP contribution in [0.3, 0.4) is 0 Å². The van der Waals surface area contributed by atoms with Crippen LogP contribution in [-0.4, -0.2) is 53.6 Å². The van der Waals surface area contributed by atoms with E-state index < -0.39 is 12.1 Å². The lowest BCUT2D eigenvalue weighted by atomic mass is 10.00. The lowest BCUT2D eigenvalue weighted by molar-refractivity contribution is 0.0832. The average molecular weight is 507 g/mol. The number of nitrogens with one attached hydrogen (secondary N) is 2. The van der Waals surface area contributed by atoms with Gasteiger partial charge in [0.1, 0.15) is 0 Å². The van der Waals surface area contributed by atoms with E-state index in [2.05, 4.69) is 59.6 Å². The van der Waals surface area contributed by atoms with Crippen LogP contribution >= 0.6 is 11.9 Å². The Morgan fingerprint density at radius 1 is 1.22 bits per heavy atom. The highest BCUT2D eigenvalue weighted by Crippen LogP contribution is 2.38. The molecule has 0 aliphatic carbocycles. The van der Waals surface area contributed by atoms with Gasteiger partial charge in [0, 0.05) is 49.6 Å². The molecule has 3 N–H and O–H groups in total. The van der Waals surface area contributed by atoms with Gasteiger partial charge < -0.3 is 24.6 Å². The van der Waals surface area contributed by atoms with Crippen LogP contribution < -0.4 is 14.9 Å². The number of carbonyl (C=O) groups is 1. The molecule has 0 radical (unpaired) electrons. The Balaban J connectivity index is 1.60. The maximum Gasteiger partial charge on any atom is 0.251 e. The van der Waals surface area contributed by atoms with Crippen molar-refractivity contribution >= 4 is 34.4 Å². The van der Waals surface area contributed by atoms with Gasteiger partial charge in [-0.15, -0.1) is 0 Å². The molecule has 0 spiro atoms. The first-order chi connectivity index (χ1) is 17.4. The van der Waals surface area contributed by atoms with Crippen molar-refractivity contribution in [1.82, 2.24) is 15.2 Å². The predicted molar refractivity (Wildman–Crippen MR) is 152 cm³/mol. The van der Waals surface area contributed by atoms with Gasteiger partial charge in [-0.05, 0) is 68.8 Å². The number of aliphatic hydroxyl groups excluding tert-OH is 1. The summed E-state index contributed by atoms with van der Waals surface area (Å²) >= 11 is 1.78. The second-order valence-corrected chi connectivity index (χ2v) is 10.9. The van der Waals surface area contributed by atoms with E-state index in [-0.39, 0.29) is 5.91 Å². The van der Waals surface area contributed by atoms with Crippen LogP contribution in [0.1, 0.15) is 42.3 Å². The van der Waals surface area contributed by atoms with Crippen LogP contribution in [0.25, 0.3) is 10.9 Å². The fourth-order valence-corrected chi connectivity index (χ4v) is 5.60. The monoisotopic (exact) mass is 506 g/mol. The first kappa shape index (κ1) is 26.3. The molecule has 2 atom stereocenters. The number of aromatic nitrogens is 1. The molecule has 1 aliphatic rings. The van der Waals surface area contributed by atoms with E-state index >= 15 is 0 Å². The number of aliphatic hydroxyl groups is 1. The zero-order chi connectivity index (χ0) is 25.7. The van der Waals surface area contributed by atoms with Crippen molar-refractivity contribution in [3.8, 4) is 0 Å². The molecule has 7 heteroatoms. The molecule has 0 bridgehead atoms. The molecule has 36 heavy (non-hydrogen) atoms. The van der Waals surface area contributed by atoms with Gasteiger partial charge in [-0.3, -0.25) is 4.79 Å². The molecular formula is C29H38N4O2S. The third-order valence-electron chi connectivity index (χ3n) is 6.72. The van der Waals surface area contributed by atoms with E-state index in [0.717, 1.165) is 35.5 Å². The quantitative estimate of drug-likeness (QED) is 0.214. The van der Waals surface area contributed by atoms with Gasteiger partial charge in [-0.1, -0.05) is 42.0 Å². The van der Waals surface area contributed by atoms with Gasteiger partial charge in [0.05, 0.1) is 23.3 Å². The predicted octanol–water partition coefficient (Wildman–Crippen LogP) is 4.56. The third kappa shape index (κ3) is 6.14. The first-order valence-corrected chi connectivity index (χ1v) is 13.7. The average Bonchev–Trinajstić information content (AvgIpc) is 3.15. The maximum absolute atomic E-state index is 13.6. The van der Waals surface area contributed by atoms with E-state index in [1.165, 1.54) is 16.5 Å². The summed E-state index contributed by atoms with van der Waals surface area (Å²) in [6.07, 6.45) is 5.16. The normalized spacial score (nSPS) is 14.9. The summed E-state index contributed by atoms with van der Waals surface area (Å²) < 4.78 is 4.41. The lowest BCUT2D eigenvalue weighted by Crippen LogP contribution is -2.48. The SMILES string of the molecule is CCn1cc2c3c(cc(C(=O)N[C@@H](Cc4ccccc4)[C@H](O)CNCC=C(C)C)cc31)N(C)SCC2. The highest BCUT2D eigenvalue weighted by Gasteiger charge is 2.25. The van der Waals surface area contributed by atoms with Crippen molar-refractivity contribution in [2.45, 2.75) is 52.3 Å². The maximum atomic E-state index is 13.6. The molecule has 1 aromatic heterocycles. The number of benzene rings is 2. The van der Waals surface area contributed by atoms with E-state index in [1.807, 2.05) is 42.5 Å². The molecule has 192 valence electrons. The number of aryl methyl sites for hydroxylation is 2. The van der Waals surface area contributed by atoms with E-state index in [4.69, 9.17) is 0 Å². The molecule has 1 amide bonds. The number of carbonyl (C=O) groups excluding carboxylic acids is 1. The van der Waals surface area contributed by atoms with Crippen LogP contribution in [0.15, 0.2) is 60.3 Å². The number of hydrogen-bond acceptors (Lipinski definition) is 5. The molecule has 2 heterocycles. The second kappa shape index (κ2) is 12.0. The van der Waals surface area contributed by atoms with Crippen LogP contribution in [-0.2, 0) is 19.4 Å². The number of allylic oxidation sites excluding steroid dienone is 1. The molecule has 4 rings (SSSR count). The fourth-order valence-electron chi connectivity index (χ4n) is 4.74. The summed E-state index contributed by atoms with van der Waals surface area (Å²) in [6.45, 7) is 8.17. The highest BCUT2D eigenvalue weighted by molar-refractivity contribution is 8.00. The van der Waals surface area contributed by atoms with E-state index in [1.54, 1.807) is 11.9 Å². The van der Waals surface area contributed by atoms with Crippen molar-refractivity contribution in [1.29, 1.82) is 0 Å². The molecule has 0 unspecified atom stereocenters. The largest absolute Gasteiger partial charge is 0.390 e. The van der Waals surface area contributed by atoms with Gasteiger partial charge >= 0.3 is 0 Å². The smallest absolute Gasteiger partial charge is 0.251 e. The van der Waals surface area contributed by atoms with Crippen molar-refractivity contribution in [3.05, 3.63) is 77.0 Å². The topological polar surface area (TPSA) is 69.5 Å². The standard InChI is InChI=1S/C29H38N4O2S/c1-5-33-19-22-12-14-36-32(4)25-16-23(17-26(33)28(22)25)29(35)31-24(15-21-9-7-6-8-10-21)27(34)18-30-13-11-20(2)3/h6-11,16-17,19,24,27,30,34H,5,12-15,18H2,1-4H3,(H,31,35)/t24-,27+/m0/s1. The summed E-state index contributed by atoms with van der Waals surface area (Å²) in [5.74, 6) is 0.853. The van der Waals surface area contributed by atoms with Crippen molar-refractivity contribution in [3.63, 3.8) is 0 Å². The van der Waals surface area contributed by atoms with Gasteiger partial charge in [0.15, 0.2) is 0 Å². The van der Waals surface area contributed by atoms with Gasteiger partial charge in [0.25, 0.3) is 5.91 Å². The summed E-state index contributed by atoms with van der Waals surface area (Å²) in [5.41, 5.74) is 6.43. The number of hydrogen-bond donors (Lipinski definition) is 3. The Morgan fingerprint density at radius 2 is 2.00 bits per heavy atom. The Bertz CT molecular complexity index is 1220. The molecule has 2 aromatic carbocycles. The van der Waals surface area contributed by atoms with Gasteiger partial charge in [-0.25, -0.2) is 0 Å². The Morgan fingerprint density at radius 3 is 2.72 bits per heavy atom. The second-order valence-electron chi connectivity index (χ2n) is 9.69. The summed E-state index contributed by atoms with van der Waals surface area (Å²) in [7, 11) is 2.07. The molecule has 3 aromatic rings. The van der Waals surface area contributed by atoms with Crippen molar-refractivity contribution in [2.24, 2.45) is 0 Å². The first-order valence-electron chi connectivity index (χ1n) is 12.8. The van der Waals surface area contributed by atoms with Crippen LogP contribution in [0.5, 0.6) is 0 Å². The minimum absolute atomic E-state index is 0.162. The van der Waals surface area contributed by atoms with Crippen LogP contribution in [0.4, 0.5) is 5.69 Å². The molecule has 0 fully saturated rings. The van der Waals surface area contributed by atoms with E-state index in [9.17, 15) is 9.90 Å². The highest BCUT2D eigenvalue weighted by atomic mass is 32.2. The summed E-state index contributed by atoms with van der Waals surface area (Å²) in [5, 5.41) is 18.8. The summed E-state index contributed by atoms with van der Waals surface area (Å²) in [6, 6.07) is 13.6. The molecule has 6 nitrogen and oxygen atoms in total. The Kier molecular flexibility index (Phi) is 8.77. The van der Waals surface area contributed by atoms with Crippen LogP contribution in [0, 0.1) is 0 Å². The Labute approximate surface area is 218 Å². The minimum Gasteiger partial charge on any atom is -0.390 e. The third-order valence-corrected chi connectivity index (χ3v) is 7.70. The molecule has 1 aliphatic heterocycles. The number of anilines is 1. The molecule has 0 saturated carbocycles. The number of amides is 1. The summed E-state index contributed by atoms with van der Waals surface area (Å²) in [4.78, 5) is 13.6. The lowest BCUT2D eigenvalue weighted by Gasteiger charge is -2.25. The van der Waals surface area contributed by atoms with Crippen molar-refractivity contribution in [2.75, 3.05) is 30.2 Å². The van der Waals surface area contributed by atoms with Crippen LogP contribution in [0.2, 0.25) is 0 Å². The van der Waals surface area contributed by atoms with E-state index in [0.29, 0.717) is 25.1 Å². The minimum atomic E-state index is -0.727. The molecular weight excluding hydrogens is 468 g/mol. The van der Waals surface area contributed by atoms with Crippen molar-refractivity contribution < 1.29 is 9.90 Å².